The molecule has 0 aliphatic carbocycles. The van der Waals surface area contributed by atoms with Crippen LogP contribution in [0.5, 0.6) is 11.5 Å². The number of carboxylic acid groups (broad SMARTS) is 1. The summed E-state index contributed by atoms with van der Waals surface area (Å²) in [6.45, 7) is 0. The average molecular weight is 333 g/mol. The van der Waals surface area contributed by atoms with Gasteiger partial charge in [0.05, 0.1) is 20.3 Å². The zero-order chi connectivity index (χ0) is 14.4. The van der Waals surface area contributed by atoms with Gasteiger partial charge in [-0.15, -0.1) is 0 Å². The smallest absolute Gasteiger partial charge is 0.303 e. The maximum Gasteiger partial charge on any atom is 0.303 e. The van der Waals surface area contributed by atoms with Crippen LogP contribution in [0.15, 0.2) is 16.6 Å². The van der Waals surface area contributed by atoms with E-state index in [-0.39, 0.29) is 6.42 Å². The number of rotatable bonds is 7. The zero-order valence-electron chi connectivity index (χ0n) is 10.9. The number of aliphatic carboxylic acids is 1. The van der Waals surface area contributed by atoms with E-state index in [1.165, 1.54) is 14.2 Å². The number of ether oxygens (including phenoxy) is 2. The highest BCUT2D eigenvalue weighted by Crippen LogP contribution is 2.37. The van der Waals surface area contributed by atoms with Gasteiger partial charge < -0.3 is 19.7 Å². The minimum atomic E-state index is -0.862. The molecule has 0 aliphatic rings. The lowest BCUT2D eigenvalue weighted by atomic mass is 10.0. The Morgan fingerprint density at radius 2 is 1.89 bits per heavy atom. The fourth-order valence-corrected chi connectivity index (χ4v) is 2.31. The lowest BCUT2D eigenvalue weighted by Gasteiger charge is -2.16. The van der Waals surface area contributed by atoms with Crippen LogP contribution in [0.4, 0.5) is 0 Å². The molecule has 1 aromatic rings. The molecule has 0 fully saturated rings. The molecule has 5 nitrogen and oxygen atoms in total. The number of carboxylic acids is 1. The predicted molar refractivity (Wildman–Crippen MR) is 73.7 cm³/mol. The minimum absolute atomic E-state index is 0.0436. The first-order valence-corrected chi connectivity index (χ1v) is 6.60. The minimum Gasteiger partial charge on any atom is -0.493 e. The third-order valence-electron chi connectivity index (χ3n) is 2.73. The Bertz CT molecular complexity index is 447. The molecule has 1 rings (SSSR count). The van der Waals surface area contributed by atoms with E-state index in [1.54, 1.807) is 12.1 Å². The summed E-state index contributed by atoms with van der Waals surface area (Å²) in [6, 6.07) is 3.41. The second-order valence-electron chi connectivity index (χ2n) is 4.03. The van der Waals surface area contributed by atoms with Crippen LogP contribution in [0, 0.1) is 0 Å². The summed E-state index contributed by atoms with van der Waals surface area (Å²) in [5, 5.41) is 18.7. The van der Waals surface area contributed by atoms with E-state index in [9.17, 15) is 9.90 Å². The monoisotopic (exact) mass is 332 g/mol. The molecule has 1 aromatic carbocycles. The van der Waals surface area contributed by atoms with Gasteiger partial charge in [-0.05, 0) is 30.5 Å². The molecule has 19 heavy (non-hydrogen) atoms. The molecule has 106 valence electrons. The topological polar surface area (TPSA) is 76.0 Å². The zero-order valence-corrected chi connectivity index (χ0v) is 12.4. The molecule has 0 spiro atoms. The van der Waals surface area contributed by atoms with Crippen LogP contribution in [0.25, 0.3) is 0 Å². The highest BCUT2D eigenvalue weighted by atomic mass is 79.9. The van der Waals surface area contributed by atoms with Gasteiger partial charge in [-0.1, -0.05) is 15.9 Å². The molecule has 0 saturated heterocycles. The van der Waals surface area contributed by atoms with Crippen molar-refractivity contribution >= 4 is 21.9 Å². The molecule has 1 atom stereocenters. The van der Waals surface area contributed by atoms with Crippen LogP contribution >= 0.6 is 15.9 Å². The van der Waals surface area contributed by atoms with Gasteiger partial charge >= 0.3 is 5.97 Å². The number of benzene rings is 1. The normalized spacial score (nSPS) is 12.0. The van der Waals surface area contributed by atoms with Crippen molar-refractivity contribution in [3.05, 3.63) is 22.2 Å². The van der Waals surface area contributed by atoms with E-state index in [0.29, 0.717) is 34.4 Å². The van der Waals surface area contributed by atoms with E-state index in [2.05, 4.69) is 15.9 Å². The van der Waals surface area contributed by atoms with Gasteiger partial charge in [-0.25, -0.2) is 0 Å². The largest absolute Gasteiger partial charge is 0.493 e. The van der Waals surface area contributed by atoms with Crippen LogP contribution in [-0.4, -0.2) is 30.4 Å². The second kappa shape index (κ2) is 7.35. The molecule has 0 heterocycles. The Hall–Kier alpha value is -1.27. The molecule has 0 bridgehead atoms. The number of methoxy groups -OCH3 is 2. The molecule has 6 heteroatoms. The Morgan fingerprint density at radius 1 is 1.32 bits per heavy atom. The first-order valence-electron chi connectivity index (χ1n) is 5.80. The van der Waals surface area contributed by atoms with Crippen molar-refractivity contribution < 1.29 is 24.5 Å². The van der Waals surface area contributed by atoms with Gasteiger partial charge in [0.25, 0.3) is 0 Å². The number of hydrogen-bond donors (Lipinski definition) is 2. The summed E-state index contributed by atoms with van der Waals surface area (Å²) in [6.07, 6.45) is 0.0909. The van der Waals surface area contributed by atoms with Crippen LogP contribution in [0.1, 0.15) is 30.9 Å². The van der Waals surface area contributed by atoms with Crippen molar-refractivity contribution in [3.8, 4) is 11.5 Å². The third-order valence-corrected chi connectivity index (χ3v) is 3.42. The van der Waals surface area contributed by atoms with Crippen molar-refractivity contribution in [1.82, 2.24) is 0 Å². The standard InChI is InChI=1S/C13H17BrO5/c1-18-11-6-8(9(14)7-12(11)19-2)10(15)4-3-5-13(16)17/h6-7,10,15H,3-5H2,1-2H3,(H,16,17). The summed E-state index contributed by atoms with van der Waals surface area (Å²) in [7, 11) is 3.06. The SMILES string of the molecule is COc1cc(Br)c(C(O)CCCC(=O)O)cc1OC. The van der Waals surface area contributed by atoms with Gasteiger partial charge in [0, 0.05) is 10.9 Å². The lowest BCUT2D eigenvalue weighted by molar-refractivity contribution is -0.137. The van der Waals surface area contributed by atoms with E-state index in [1.807, 2.05) is 0 Å². The summed E-state index contributed by atoms with van der Waals surface area (Å²) >= 11 is 3.36. The predicted octanol–water partition coefficient (Wildman–Crippen LogP) is 2.75. The van der Waals surface area contributed by atoms with Gasteiger partial charge in [0.15, 0.2) is 11.5 Å². The molecule has 0 saturated carbocycles. The number of carbonyl (C=O) groups is 1. The highest BCUT2D eigenvalue weighted by Gasteiger charge is 2.16. The van der Waals surface area contributed by atoms with Crippen molar-refractivity contribution in [2.24, 2.45) is 0 Å². The molecule has 0 amide bonds. The summed E-state index contributed by atoms with van der Waals surface area (Å²) in [4.78, 5) is 10.4. The van der Waals surface area contributed by atoms with Crippen molar-refractivity contribution in [2.45, 2.75) is 25.4 Å². The Morgan fingerprint density at radius 3 is 2.42 bits per heavy atom. The van der Waals surface area contributed by atoms with Gasteiger partial charge in [-0.3, -0.25) is 4.79 Å². The van der Waals surface area contributed by atoms with Crippen molar-refractivity contribution in [3.63, 3.8) is 0 Å². The molecule has 0 aromatic heterocycles. The Kier molecular flexibility index (Phi) is 6.11. The second-order valence-corrected chi connectivity index (χ2v) is 4.88. The fourth-order valence-electron chi connectivity index (χ4n) is 1.73. The maximum absolute atomic E-state index is 10.4. The van der Waals surface area contributed by atoms with E-state index >= 15 is 0 Å². The Labute approximate surface area is 120 Å². The number of halogens is 1. The van der Waals surface area contributed by atoms with E-state index in [4.69, 9.17) is 14.6 Å². The highest BCUT2D eigenvalue weighted by molar-refractivity contribution is 9.10. The van der Waals surface area contributed by atoms with Gasteiger partial charge in [-0.2, -0.15) is 0 Å². The average Bonchev–Trinajstić information content (AvgIpc) is 2.37. The third kappa shape index (κ3) is 4.40. The first-order chi connectivity index (χ1) is 8.99. The fraction of sp³-hybridized carbons (Fsp3) is 0.462. The molecular formula is C13H17BrO5. The molecule has 0 aliphatic heterocycles. The summed E-state index contributed by atoms with van der Waals surface area (Å²) in [5.41, 5.74) is 0.656. The van der Waals surface area contributed by atoms with Crippen molar-refractivity contribution in [1.29, 1.82) is 0 Å². The van der Waals surface area contributed by atoms with Crippen LogP contribution < -0.4 is 9.47 Å². The summed E-state index contributed by atoms with van der Waals surface area (Å²) in [5.74, 6) is 0.229. The maximum atomic E-state index is 10.4. The van der Waals surface area contributed by atoms with Gasteiger partial charge in [0.1, 0.15) is 0 Å². The molecule has 1 unspecified atom stereocenters. The van der Waals surface area contributed by atoms with Crippen molar-refractivity contribution in [2.75, 3.05) is 14.2 Å². The molecule has 0 radical (unpaired) electrons. The van der Waals surface area contributed by atoms with E-state index in [0.717, 1.165) is 0 Å². The molecular weight excluding hydrogens is 316 g/mol. The first kappa shape index (κ1) is 15.8. The number of aliphatic hydroxyl groups excluding tert-OH is 1. The van der Waals surface area contributed by atoms with E-state index < -0.39 is 12.1 Å². The molecule has 2 N–H and O–H groups in total. The summed E-state index contributed by atoms with van der Waals surface area (Å²) < 4.78 is 11.0. The Balaban J connectivity index is 2.84. The number of hydrogen-bond acceptors (Lipinski definition) is 4. The van der Waals surface area contributed by atoms with Crippen LogP contribution in [-0.2, 0) is 4.79 Å². The lowest BCUT2D eigenvalue weighted by Crippen LogP contribution is -2.02. The quantitative estimate of drug-likeness (QED) is 0.802. The van der Waals surface area contributed by atoms with Crippen LogP contribution in [0.3, 0.4) is 0 Å². The van der Waals surface area contributed by atoms with Gasteiger partial charge in [0.2, 0.25) is 0 Å². The number of aliphatic hydroxyl groups is 1. The van der Waals surface area contributed by atoms with Crippen LogP contribution in [0.2, 0.25) is 0 Å².